The summed E-state index contributed by atoms with van der Waals surface area (Å²) in [5.74, 6) is -0.844. The van der Waals surface area contributed by atoms with Crippen LogP contribution in [-0.4, -0.2) is 74.9 Å². The summed E-state index contributed by atoms with van der Waals surface area (Å²) in [6.45, 7) is 4.31. The molecule has 0 rings (SSSR count). The molecule has 0 aliphatic carbocycles. The minimum Gasteiger partial charge on any atom is -0.462 e. The fourth-order valence-corrected chi connectivity index (χ4v) is 6.26. The van der Waals surface area contributed by atoms with Gasteiger partial charge in [-0.1, -0.05) is 132 Å². The van der Waals surface area contributed by atoms with Crippen molar-refractivity contribution in [2.75, 3.05) is 47.5 Å². The van der Waals surface area contributed by atoms with Crippen molar-refractivity contribution >= 4 is 19.8 Å². The standard InChI is InChI=1S/C46H82NO8P/c1-6-8-10-12-14-16-18-20-22-23-25-26-28-30-32-34-36-38-45(48)52-42-44(43-54-56(50,51)53-41-40-47(3,4)5)55-46(49)39-37-35-33-31-29-27-24-21-19-17-15-13-11-9-7-2/h14-17,20-22,24-26,44H,6-13,18-19,23,27-43H2,1-5H3/p+1/b16-14-,17-15-,22-20-,24-21-,26-25-/t44-/m1/s1. The van der Waals surface area contributed by atoms with Crippen molar-refractivity contribution in [3.63, 3.8) is 0 Å². The maximum absolute atomic E-state index is 12.7. The van der Waals surface area contributed by atoms with Crippen molar-refractivity contribution < 1.29 is 42.1 Å². The van der Waals surface area contributed by atoms with Crippen LogP contribution in [0.15, 0.2) is 60.8 Å². The highest BCUT2D eigenvalue weighted by Crippen LogP contribution is 2.43. The molecule has 324 valence electrons. The molecular formula is C46H83NO8P+. The summed E-state index contributed by atoms with van der Waals surface area (Å²) in [4.78, 5) is 35.4. The van der Waals surface area contributed by atoms with E-state index in [9.17, 15) is 19.0 Å². The van der Waals surface area contributed by atoms with Crippen LogP contribution in [-0.2, 0) is 32.7 Å². The molecule has 0 aromatic heterocycles. The summed E-state index contributed by atoms with van der Waals surface area (Å²) in [6, 6.07) is 0. The lowest BCUT2D eigenvalue weighted by Gasteiger charge is -2.24. The van der Waals surface area contributed by atoms with Crippen LogP contribution in [0.2, 0.25) is 0 Å². The predicted octanol–water partition coefficient (Wildman–Crippen LogP) is 12.5. The first-order chi connectivity index (χ1) is 27.0. The SMILES string of the molecule is CCCCC/C=C\C/C=C\C/C=C\CCCCCCC(=O)OC[C@H](COP(=O)(O)OCC[N+](C)(C)C)OC(=O)CCCCCCC/C=C\C/C=C\CCCCC. The van der Waals surface area contributed by atoms with E-state index in [2.05, 4.69) is 74.6 Å². The topological polar surface area (TPSA) is 108 Å². The number of hydrogen-bond donors (Lipinski definition) is 1. The first-order valence-corrected chi connectivity index (χ1v) is 23.5. The lowest BCUT2D eigenvalue weighted by atomic mass is 10.1. The number of esters is 2. The van der Waals surface area contributed by atoms with Crippen LogP contribution >= 0.6 is 7.82 Å². The summed E-state index contributed by atoms with van der Waals surface area (Å²) >= 11 is 0. The van der Waals surface area contributed by atoms with Gasteiger partial charge in [0.1, 0.15) is 19.8 Å². The van der Waals surface area contributed by atoms with Gasteiger partial charge in [0.2, 0.25) is 0 Å². The lowest BCUT2D eigenvalue weighted by Crippen LogP contribution is -2.37. The summed E-state index contributed by atoms with van der Waals surface area (Å²) in [6.07, 6.45) is 45.5. The van der Waals surface area contributed by atoms with Crippen LogP contribution in [0.5, 0.6) is 0 Å². The molecule has 10 heteroatoms. The van der Waals surface area contributed by atoms with Crippen LogP contribution < -0.4 is 0 Å². The maximum atomic E-state index is 12.7. The smallest absolute Gasteiger partial charge is 0.462 e. The van der Waals surface area contributed by atoms with Gasteiger partial charge in [-0.15, -0.1) is 0 Å². The van der Waals surface area contributed by atoms with Crippen molar-refractivity contribution in [3.05, 3.63) is 60.8 Å². The van der Waals surface area contributed by atoms with Crippen LogP contribution in [0.3, 0.4) is 0 Å². The number of likely N-dealkylation sites (N-methyl/N-ethyl adjacent to an activating group) is 1. The van der Waals surface area contributed by atoms with Gasteiger partial charge in [-0.2, -0.15) is 0 Å². The molecule has 0 fully saturated rings. The molecule has 0 aliphatic heterocycles. The number of rotatable bonds is 39. The number of carbonyl (C=O) groups excluding carboxylic acids is 2. The Morgan fingerprint density at radius 3 is 1.43 bits per heavy atom. The Hall–Kier alpha value is -2.29. The Morgan fingerprint density at radius 1 is 0.554 bits per heavy atom. The summed E-state index contributed by atoms with van der Waals surface area (Å²) in [5.41, 5.74) is 0. The highest BCUT2D eigenvalue weighted by atomic mass is 31.2. The molecule has 2 atom stereocenters. The second-order valence-corrected chi connectivity index (χ2v) is 17.2. The first kappa shape index (κ1) is 53.7. The predicted molar refractivity (Wildman–Crippen MR) is 233 cm³/mol. The average molecular weight is 809 g/mol. The van der Waals surface area contributed by atoms with Crippen molar-refractivity contribution in [2.24, 2.45) is 0 Å². The van der Waals surface area contributed by atoms with Crippen LogP contribution in [0.1, 0.15) is 168 Å². The highest BCUT2D eigenvalue weighted by molar-refractivity contribution is 7.47. The third-order valence-electron chi connectivity index (χ3n) is 9.02. The molecule has 0 saturated heterocycles. The van der Waals surface area contributed by atoms with Gasteiger partial charge in [-0.05, 0) is 83.5 Å². The maximum Gasteiger partial charge on any atom is 0.472 e. The summed E-state index contributed by atoms with van der Waals surface area (Å²) < 4.78 is 34.3. The monoisotopic (exact) mass is 809 g/mol. The second-order valence-electron chi connectivity index (χ2n) is 15.7. The molecule has 0 aliphatic rings. The van der Waals surface area contributed by atoms with E-state index >= 15 is 0 Å². The molecule has 0 amide bonds. The zero-order chi connectivity index (χ0) is 41.4. The number of phosphoric ester groups is 1. The Balaban J connectivity index is 4.44. The largest absolute Gasteiger partial charge is 0.472 e. The van der Waals surface area contributed by atoms with E-state index in [0.29, 0.717) is 23.9 Å². The molecule has 0 radical (unpaired) electrons. The lowest BCUT2D eigenvalue weighted by molar-refractivity contribution is -0.870. The number of carbonyl (C=O) groups is 2. The van der Waals surface area contributed by atoms with Gasteiger partial charge in [0.25, 0.3) is 0 Å². The number of allylic oxidation sites excluding steroid dienone is 10. The molecule has 0 heterocycles. The number of phosphoric acid groups is 1. The fraction of sp³-hybridized carbons (Fsp3) is 0.739. The van der Waals surface area contributed by atoms with Crippen LogP contribution in [0, 0.1) is 0 Å². The highest BCUT2D eigenvalue weighted by Gasteiger charge is 2.27. The number of quaternary nitrogens is 1. The molecule has 0 bridgehead atoms. The average Bonchev–Trinajstić information content (AvgIpc) is 3.15. The molecule has 9 nitrogen and oxygen atoms in total. The molecular weight excluding hydrogens is 725 g/mol. The third-order valence-corrected chi connectivity index (χ3v) is 10.0. The second kappa shape index (κ2) is 38.2. The Morgan fingerprint density at radius 2 is 0.964 bits per heavy atom. The molecule has 0 saturated carbocycles. The van der Waals surface area contributed by atoms with Gasteiger partial charge >= 0.3 is 19.8 Å². The minimum atomic E-state index is -4.39. The molecule has 1 N–H and O–H groups in total. The van der Waals surface area contributed by atoms with E-state index in [0.717, 1.165) is 77.0 Å². The Bertz CT molecular complexity index is 1140. The Kier molecular flexibility index (Phi) is 36.7. The van der Waals surface area contributed by atoms with Crippen LogP contribution in [0.4, 0.5) is 0 Å². The van der Waals surface area contributed by atoms with Gasteiger partial charge in [-0.25, -0.2) is 4.57 Å². The fourth-order valence-electron chi connectivity index (χ4n) is 5.52. The van der Waals surface area contributed by atoms with Crippen molar-refractivity contribution in [1.29, 1.82) is 0 Å². The molecule has 0 aromatic carbocycles. The summed E-state index contributed by atoms with van der Waals surface area (Å²) in [5, 5.41) is 0. The van der Waals surface area contributed by atoms with E-state index in [-0.39, 0.29) is 26.1 Å². The zero-order valence-corrected chi connectivity index (χ0v) is 37.2. The van der Waals surface area contributed by atoms with Crippen LogP contribution in [0.25, 0.3) is 0 Å². The van der Waals surface area contributed by atoms with E-state index in [1.54, 1.807) is 0 Å². The normalized spacial score (nSPS) is 14.2. The van der Waals surface area contributed by atoms with Gasteiger partial charge < -0.3 is 18.9 Å². The molecule has 0 aromatic rings. The number of hydrogen-bond acceptors (Lipinski definition) is 7. The van der Waals surface area contributed by atoms with Gasteiger partial charge in [0.15, 0.2) is 6.10 Å². The third kappa shape index (κ3) is 41.3. The van der Waals surface area contributed by atoms with E-state index < -0.39 is 32.5 Å². The zero-order valence-electron chi connectivity index (χ0n) is 36.3. The summed E-state index contributed by atoms with van der Waals surface area (Å²) in [7, 11) is 1.44. The van der Waals surface area contributed by atoms with E-state index in [1.807, 2.05) is 21.1 Å². The molecule has 56 heavy (non-hydrogen) atoms. The van der Waals surface area contributed by atoms with E-state index in [4.69, 9.17) is 18.5 Å². The van der Waals surface area contributed by atoms with Gasteiger partial charge in [-0.3, -0.25) is 18.6 Å². The molecule has 1 unspecified atom stereocenters. The van der Waals surface area contributed by atoms with Gasteiger partial charge in [0, 0.05) is 12.8 Å². The first-order valence-electron chi connectivity index (χ1n) is 22.0. The van der Waals surface area contributed by atoms with Crippen molar-refractivity contribution in [3.8, 4) is 0 Å². The van der Waals surface area contributed by atoms with E-state index in [1.165, 1.54) is 51.4 Å². The minimum absolute atomic E-state index is 0.0224. The molecule has 0 spiro atoms. The Labute approximate surface area is 343 Å². The number of ether oxygens (including phenoxy) is 2. The van der Waals surface area contributed by atoms with Crippen molar-refractivity contribution in [1.82, 2.24) is 0 Å². The van der Waals surface area contributed by atoms with Crippen molar-refractivity contribution in [2.45, 2.75) is 174 Å². The number of nitrogens with zero attached hydrogens (tertiary/aromatic N) is 1. The van der Waals surface area contributed by atoms with Gasteiger partial charge in [0.05, 0.1) is 27.7 Å². The quantitative estimate of drug-likeness (QED) is 0.0215. The number of unbranched alkanes of at least 4 members (excludes halogenated alkanes) is 15.